The Labute approximate surface area is 147 Å². The van der Waals surface area contributed by atoms with Crippen molar-refractivity contribution in [2.24, 2.45) is 0 Å². The summed E-state index contributed by atoms with van der Waals surface area (Å²) in [5, 5.41) is 0.692. The van der Waals surface area contributed by atoms with E-state index in [1.165, 1.54) is 10.3 Å². The van der Waals surface area contributed by atoms with Crippen LogP contribution in [0.5, 0.6) is 5.19 Å². The first kappa shape index (κ1) is 17.6. The maximum atomic E-state index is 12.1. The Morgan fingerprint density at radius 1 is 1.25 bits per heavy atom. The zero-order valence-electron chi connectivity index (χ0n) is 14.4. The number of aromatic nitrogens is 1. The van der Waals surface area contributed by atoms with Crippen molar-refractivity contribution < 1.29 is 13.2 Å². The third-order valence-corrected chi connectivity index (χ3v) is 7.60. The Bertz CT molecular complexity index is 783. The molecule has 1 aliphatic rings. The summed E-state index contributed by atoms with van der Waals surface area (Å²) in [5.41, 5.74) is 3.38. The zero-order chi connectivity index (χ0) is 17.3. The van der Waals surface area contributed by atoms with Crippen LogP contribution in [0.15, 0.2) is 12.1 Å². The lowest BCUT2D eigenvalue weighted by Crippen LogP contribution is -2.42. The minimum atomic E-state index is -3.10. The molecule has 132 valence electrons. The average molecular weight is 369 g/mol. The van der Waals surface area contributed by atoms with Crippen molar-refractivity contribution in [1.82, 2.24) is 9.29 Å². The highest BCUT2D eigenvalue weighted by Crippen LogP contribution is 2.33. The molecule has 0 aliphatic carbocycles. The van der Waals surface area contributed by atoms with Crippen LogP contribution < -0.4 is 4.74 Å². The van der Waals surface area contributed by atoms with E-state index in [9.17, 15) is 8.42 Å². The van der Waals surface area contributed by atoms with Gasteiger partial charge in [0, 0.05) is 13.1 Å². The van der Waals surface area contributed by atoms with E-state index in [4.69, 9.17) is 4.74 Å². The quantitative estimate of drug-likeness (QED) is 0.810. The Morgan fingerprint density at radius 3 is 2.54 bits per heavy atom. The molecule has 2 aromatic rings. The number of rotatable bonds is 5. The number of hydrogen-bond donors (Lipinski definition) is 0. The van der Waals surface area contributed by atoms with Crippen LogP contribution in [0.1, 0.15) is 37.3 Å². The molecule has 1 aromatic carbocycles. The molecule has 5 nitrogen and oxygen atoms in total. The molecule has 0 unspecified atom stereocenters. The molecule has 0 spiro atoms. The highest BCUT2D eigenvalue weighted by Gasteiger charge is 2.28. The van der Waals surface area contributed by atoms with Gasteiger partial charge in [0.15, 0.2) is 0 Å². The van der Waals surface area contributed by atoms with Gasteiger partial charge in [0.25, 0.3) is 5.19 Å². The molecular weight excluding hydrogens is 344 g/mol. The highest BCUT2D eigenvalue weighted by molar-refractivity contribution is 7.89. The molecule has 2 heterocycles. The number of thiazole rings is 1. The van der Waals surface area contributed by atoms with E-state index >= 15 is 0 Å². The molecule has 1 aliphatic heterocycles. The van der Waals surface area contributed by atoms with Crippen molar-refractivity contribution >= 4 is 31.6 Å². The second-order valence-electron chi connectivity index (χ2n) is 6.39. The number of sulfonamides is 1. The van der Waals surface area contributed by atoms with Crippen molar-refractivity contribution in [1.29, 1.82) is 0 Å². The van der Waals surface area contributed by atoms with Gasteiger partial charge in [-0.1, -0.05) is 30.4 Å². The van der Waals surface area contributed by atoms with Gasteiger partial charge in [0.1, 0.15) is 6.10 Å². The molecule has 7 heteroatoms. The van der Waals surface area contributed by atoms with Crippen LogP contribution in [-0.2, 0) is 10.0 Å². The summed E-state index contributed by atoms with van der Waals surface area (Å²) >= 11 is 1.58. The van der Waals surface area contributed by atoms with E-state index < -0.39 is 10.0 Å². The van der Waals surface area contributed by atoms with Crippen LogP contribution in [0.25, 0.3) is 10.2 Å². The summed E-state index contributed by atoms with van der Waals surface area (Å²) in [6.45, 7) is 7.11. The molecule has 0 amide bonds. The standard InChI is InChI=1S/C17H24N2O3S2/c1-4-11-24(20,21)19-9-7-14(8-10-19)22-17-18-15-12(2)5-6-13(3)16(15)23-17/h5-6,14H,4,7-11H2,1-3H3. The maximum absolute atomic E-state index is 12.1. The van der Waals surface area contributed by atoms with Crippen molar-refractivity contribution in [3.8, 4) is 5.19 Å². The fourth-order valence-corrected chi connectivity index (χ4v) is 5.62. The van der Waals surface area contributed by atoms with Crippen molar-refractivity contribution in [2.75, 3.05) is 18.8 Å². The van der Waals surface area contributed by atoms with Crippen LogP contribution >= 0.6 is 11.3 Å². The Hall–Kier alpha value is -1.18. The van der Waals surface area contributed by atoms with Gasteiger partial charge in [0.05, 0.1) is 16.0 Å². The summed E-state index contributed by atoms with van der Waals surface area (Å²) in [6, 6.07) is 4.19. The SMILES string of the molecule is CCCS(=O)(=O)N1CCC(Oc2nc3c(C)ccc(C)c3s2)CC1. The lowest BCUT2D eigenvalue weighted by molar-refractivity contribution is 0.135. The number of ether oxygens (including phenoxy) is 1. The predicted octanol–water partition coefficient (Wildman–Crippen LogP) is 3.50. The van der Waals surface area contributed by atoms with Gasteiger partial charge < -0.3 is 4.74 Å². The largest absolute Gasteiger partial charge is 0.467 e. The smallest absolute Gasteiger partial charge is 0.274 e. The van der Waals surface area contributed by atoms with Gasteiger partial charge in [-0.25, -0.2) is 17.7 Å². The lowest BCUT2D eigenvalue weighted by atomic mass is 10.1. The zero-order valence-corrected chi connectivity index (χ0v) is 16.0. The van der Waals surface area contributed by atoms with Crippen molar-refractivity contribution in [3.05, 3.63) is 23.3 Å². The number of fused-ring (bicyclic) bond motifs is 1. The molecule has 3 rings (SSSR count). The predicted molar refractivity (Wildman–Crippen MR) is 98.4 cm³/mol. The maximum Gasteiger partial charge on any atom is 0.274 e. The summed E-state index contributed by atoms with van der Waals surface area (Å²) < 4.78 is 33.1. The molecule has 0 N–H and O–H groups in total. The molecule has 0 atom stereocenters. The second kappa shape index (κ2) is 6.98. The monoisotopic (exact) mass is 368 g/mol. The van der Waals surface area contributed by atoms with Crippen LogP contribution in [0.2, 0.25) is 0 Å². The highest BCUT2D eigenvalue weighted by atomic mass is 32.2. The molecule has 24 heavy (non-hydrogen) atoms. The molecule has 1 fully saturated rings. The lowest BCUT2D eigenvalue weighted by Gasteiger charge is -2.30. The number of piperidine rings is 1. The van der Waals surface area contributed by atoms with Gasteiger partial charge >= 0.3 is 0 Å². The summed E-state index contributed by atoms with van der Waals surface area (Å²) in [4.78, 5) is 4.63. The average Bonchev–Trinajstić information content (AvgIpc) is 2.97. The van der Waals surface area contributed by atoms with Crippen LogP contribution in [0.3, 0.4) is 0 Å². The topological polar surface area (TPSA) is 59.5 Å². The Morgan fingerprint density at radius 2 is 1.92 bits per heavy atom. The van der Waals surface area contributed by atoms with E-state index in [0.717, 1.165) is 23.9 Å². The van der Waals surface area contributed by atoms with Gasteiger partial charge in [-0.3, -0.25) is 0 Å². The molecule has 0 radical (unpaired) electrons. The van der Waals surface area contributed by atoms with Crippen LogP contribution in [-0.4, -0.2) is 42.7 Å². The summed E-state index contributed by atoms with van der Waals surface area (Å²) in [5.74, 6) is 0.231. The first-order chi connectivity index (χ1) is 11.4. The van der Waals surface area contributed by atoms with Crippen molar-refractivity contribution in [2.45, 2.75) is 46.1 Å². The van der Waals surface area contributed by atoms with Crippen LogP contribution in [0.4, 0.5) is 0 Å². The van der Waals surface area contributed by atoms with Gasteiger partial charge in [-0.05, 0) is 44.2 Å². The normalized spacial score (nSPS) is 17.5. The third-order valence-electron chi connectivity index (χ3n) is 4.45. The number of aryl methyl sites for hydroxylation is 2. The fourth-order valence-electron chi connectivity index (χ4n) is 3.05. The minimum Gasteiger partial charge on any atom is -0.467 e. The number of benzene rings is 1. The third kappa shape index (κ3) is 3.58. The second-order valence-corrected chi connectivity index (χ2v) is 9.44. The Balaban J connectivity index is 1.67. The molecule has 0 bridgehead atoms. The first-order valence-corrected chi connectivity index (χ1v) is 10.8. The molecule has 0 saturated carbocycles. The number of nitrogens with zero attached hydrogens (tertiary/aromatic N) is 2. The fraction of sp³-hybridized carbons (Fsp3) is 0.588. The number of hydrogen-bond acceptors (Lipinski definition) is 5. The van der Waals surface area contributed by atoms with Gasteiger partial charge in [0.2, 0.25) is 10.0 Å². The van der Waals surface area contributed by atoms with E-state index in [1.807, 2.05) is 6.92 Å². The molecular formula is C17H24N2O3S2. The van der Waals surface area contributed by atoms with Gasteiger partial charge in [-0.15, -0.1) is 0 Å². The van der Waals surface area contributed by atoms with Crippen LogP contribution in [0, 0.1) is 13.8 Å². The van der Waals surface area contributed by atoms with Crippen molar-refractivity contribution in [3.63, 3.8) is 0 Å². The Kier molecular flexibility index (Phi) is 5.13. The summed E-state index contributed by atoms with van der Waals surface area (Å²) in [6.07, 6.45) is 2.14. The minimum absolute atomic E-state index is 0.0410. The van der Waals surface area contributed by atoms with E-state index in [0.29, 0.717) is 24.7 Å². The molecule has 1 saturated heterocycles. The van der Waals surface area contributed by atoms with Gasteiger partial charge in [-0.2, -0.15) is 0 Å². The van der Waals surface area contributed by atoms with E-state index in [1.54, 1.807) is 15.6 Å². The first-order valence-electron chi connectivity index (χ1n) is 8.42. The summed E-state index contributed by atoms with van der Waals surface area (Å²) in [7, 11) is -3.10. The van der Waals surface area contributed by atoms with E-state index in [2.05, 4.69) is 31.0 Å². The van der Waals surface area contributed by atoms with E-state index in [-0.39, 0.29) is 11.9 Å². The molecule has 1 aromatic heterocycles.